The lowest BCUT2D eigenvalue weighted by Crippen LogP contribution is -2.37. The summed E-state index contributed by atoms with van der Waals surface area (Å²) in [6, 6.07) is 0. The molecule has 2 amide bonds. The Morgan fingerprint density at radius 2 is 1.85 bits per heavy atom. The van der Waals surface area contributed by atoms with Crippen LogP contribution in [-0.4, -0.2) is 31.4 Å². The second-order valence-corrected chi connectivity index (χ2v) is 3.12. The van der Waals surface area contributed by atoms with E-state index in [1.165, 1.54) is 0 Å². The van der Waals surface area contributed by atoms with Crippen LogP contribution < -0.4 is 16.4 Å². The summed E-state index contributed by atoms with van der Waals surface area (Å²) in [5, 5.41) is 5.30. The van der Waals surface area contributed by atoms with E-state index in [0.717, 1.165) is 12.8 Å². The molecule has 74 valence electrons. The summed E-state index contributed by atoms with van der Waals surface area (Å²) >= 11 is 0. The highest BCUT2D eigenvalue weighted by atomic mass is 16.2. The minimum atomic E-state index is -0.194. The molecule has 0 atom stereocenters. The standard InChI is InChI=1S/C8H15N3O2/c9-5-7(12)10-3-4-11-8(13)6-1-2-6/h6H,1-5,9H2,(H,10,12)(H,11,13). The van der Waals surface area contributed by atoms with Gasteiger partial charge in [-0.25, -0.2) is 0 Å². The number of amides is 2. The van der Waals surface area contributed by atoms with Crippen molar-refractivity contribution in [3.05, 3.63) is 0 Å². The van der Waals surface area contributed by atoms with Crippen LogP contribution in [0, 0.1) is 5.92 Å². The minimum Gasteiger partial charge on any atom is -0.354 e. The molecule has 0 aromatic carbocycles. The molecular weight excluding hydrogens is 170 g/mol. The second-order valence-electron chi connectivity index (χ2n) is 3.12. The van der Waals surface area contributed by atoms with Gasteiger partial charge in [-0.15, -0.1) is 0 Å². The smallest absolute Gasteiger partial charge is 0.233 e. The van der Waals surface area contributed by atoms with Crippen molar-refractivity contribution in [2.24, 2.45) is 11.7 Å². The number of nitrogens with one attached hydrogen (secondary N) is 2. The van der Waals surface area contributed by atoms with Gasteiger partial charge >= 0.3 is 0 Å². The summed E-state index contributed by atoms with van der Waals surface area (Å²) in [7, 11) is 0. The Kier molecular flexibility index (Phi) is 3.70. The topological polar surface area (TPSA) is 84.2 Å². The molecular formula is C8H15N3O2. The van der Waals surface area contributed by atoms with Crippen LogP contribution in [0.1, 0.15) is 12.8 Å². The van der Waals surface area contributed by atoms with Gasteiger partial charge in [-0.05, 0) is 12.8 Å². The third-order valence-corrected chi connectivity index (χ3v) is 1.88. The van der Waals surface area contributed by atoms with Crippen LogP contribution in [0.3, 0.4) is 0 Å². The summed E-state index contributed by atoms with van der Waals surface area (Å²) < 4.78 is 0. The van der Waals surface area contributed by atoms with Crippen molar-refractivity contribution >= 4 is 11.8 Å². The molecule has 1 aliphatic carbocycles. The Morgan fingerprint density at radius 1 is 1.23 bits per heavy atom. The summed E-state index contributed by atoms with van der Waals surface area (Å²) in [6.07, 6.45) is 2.00. The van der Waals surface area contributed by atoms with Crippen LogP contribution >= 0.6 is 0 Å². The van der Waals surface area contributed by atoms with Crippen LogP contribution in [0.4, 0.5) is 0 Å². The third-order valence-electron chi connectivity index (χ3n) is 1.88. The normalized spacial score (nSPS) is 15.2. The maximum absolute atomic E-state index is 11.1. The van der Waals surface area contributed by atoms with E-state index in [9.17, 15) is 9.59 Å². The highest BCUT2D eigenvalue weighted by Gasteiger charge is 2.28. The molecule has 0 spiro atoms. The van der Waals surface area contributed by atoms with E-state index < -0.39 is 0 Å². The molecule has 0 radical (unpaired) electrons. The molecule has 0 aliphatic heterocycles. The van der Waals surface area contributed by atoms with Crippen molar-refractivity contribution in [1.82, 2.24) is 10.6 Å². The van der Waals surface area contributed by atoms with Gasteiger partial charge in [0.1, 0.15) is 0 Å². The SMILES string of the molecule is NCC(=O)NCCNC(=O)C1CC1. The van der Waals surface area contributed by atoms with Crippen molar-refractivity contribution in [2.45, 2.75) is 12.8 Å². The first-order valence-electron chi connectivity index (χ1n) is 4.48. The molecule has 1 fully saturated rings. The predicted molar refractivity (Wildman–Crippen MR) is 47.8 cm³/mol. The summed E-state index contributed by atoms with van der Waals surface area (Å²) in [5.41, 5.74) is 5.07. The molecule has 5 nitrogen and oxygen atoms in total. The van der Waals surface area contributed by atoms with Gasteiger partial charge in [0.2, 0.25) is 11.8 Å². The fourth-order valence-corrected chi connectivity index (χ4v) is 0.950. The second kappa shape index (κ2) is 4.81. The van der Waals surface area contributed by atoms with Crippen LogP contribution in [0.15, 0.2) is 0 Å². The van der Waals surface area contributed by atoms with Gasteiger partial charge in [-0.2, -0.15) is 0 Å². The molecule has 0 unspecified atom stereocenters. The Bertz CT molecular complexity index is 202. The number of rotatable bonds is 5. The fraction of sp³-hybridized carbons (Fsp3) is 0.750. The summed E-state index contributed by atoms with van der Waals surface area (Å²) in [4.78, 5) is 21.7. The number of hydrogen-bond donors (Lipinski definition) is 3. The molecule has 0 saturated heterocycles. The van der Waals surface area contributed by atoms with Gasteiger partial charge in [0.15, 0.2) is 0 Å². The number of hydrogen-bond acceptors (Lipinski definition) is 3. The predicted octanol–water partition coefficient (Wildman–Crippen LogP) is -1.41. The molecule has 1 saturated carbocycles. The van der Waals surface area contributed by atoms with Crippen molar-refractivity contribution in [3.63, 3.8) is 0 Å². The van der Waals surface area contributed by atoms with E-state index in [1.54, 1.807) is 0 Å². The maximum atomic E-state index is 11.1. The van der Waals surface area contributed by atoms with Gasteiger partial charge in [0, 0.05) is 19.0 Å². The van der Waals surface area contributed by atoms with Crippen molar-refractivity contribution in [3.8, 4) is 0 Å². The van der Waals surface area contributed by atoms with Gasteiger partial charge in [0.25, 0.3) is 0 Å². The molecule has 1 aliphatic rings. The number of carbonyl (C=O) groups excluding carboxylic acids is 2. The summed E-state index contributed by atoms with van der Waals surface area (Å²) in [6.45, 7) is 0.937. The average Bonchev–Trinajstić information content (AvgIpc) is 2.94. The fourth-order valence-electron chi connectivity index (χ4n) is 0.950. The number of carbonyl (C=O) groups is 2. The van der Waals surface area contributed by atoms with Gasteiger partial charge < -0.3 is 16.4 Å². The quantitative estimate of drug-likeness (QED) is 0.460. The zero-order valence-electron chi connectivity index (χ0n) is 7.51. The molecule has 0 aromatic rings. The highest BCUT2D eigenvalue weighted by molar-refractivity contribution is 5.81. The first-order chi connectivity index (χ1) is 6.24. The lowest BCUT2D eigenvalue weighted by Gasteiger charge is -2.04. The zero-order chi connectivity index (χ0) is 9.68. The van der Waals surface area contributed by atoms with E-state index >= 15 is 0 Å². The van der Waals surface area contributed by atoms with Crippen molar-refractivity contribution in [1.29, 1.82) is 0 Å². The highest BCUT2D eigenvalue weighted by Crippen LogP contribution is 2.28. The van der Waals surface area contributed by atoms with E-state index in [2.05, 4.69) is 10.6 Å². The molecule has 0 heterocycles. The van der Waals surface area contributed by atoms with Crippen LogP contribution in [-0.2, 0) is 9.59 Å². The van der Waals surface area contributed by atoms with Crippen LogP contribution in [0.25, 0.3) is 0 Å². The van der Waals surface area contributed by atoms with Gasteiger partial charge in [0.05, 0.1) is 6.54 Å². The van der Waals surface area contributed by atoms with E-state index in [1.807, 2.05) is 0 Å². The Balaban J connectivity index is 1.94. The Morgan fingerprint density at radius 3 is 2.38 bits per heavy atom. The largest absolute Gasteiger partial charge is 0.354 e. The lowest BCUT2D eigenvalue weighted by atomic mass is 10.4. The zero-order valence-corrected chi connectivity index (χ0v) is 7.51. The van der Waals surface area contributed by atoms with Crippen LogP contribution in [0.2, 0.25) is 0 Å². The van der Waals surface area contributed by atoms with Crippen molar-refractivity contribution in [2.75, 3.05) is 19.6 Å². The van der Waals surface area contributed by atoms with E-state index in [0.29, 0.717) is 13.1 Å². The molecule has 1 rings (SSSR count). The molecule has 13 heavy (non-hydrogen) atoms. The molecule has 0 aromatic heterocycles. The maximum Gasteiger partial charge on any atom is 0.233 e. The van der Waals surface area contributed by atoms with Crippen molar-refractivity contribution < 1.29 is 9.59 Å². The molecule has 4 N–H and O–H groups in total. The monoisotopic (exact) mass is 185 g/mol. The van der Waals surface area contributed by atoms with Crippen LogP contribution in [0.5, 0.6) is 0 Å². The van der Waals surface area contributed by atoms with Gasteiger partial charge in [-0.3, -0.25) is 9.59 Å². The lowest BCUT2D eigenvalue weighted by molar-refractivity contribution is -0.123. The van der Waals surface area contributed by atoms with Gasteiger partial charge in [-0.1, -0.05) is 0 Å². The average molecular weight is 185 g/mol. The molecule has 5 heteroatoms. The number of nitrogens with two attached hydrogens (primary N) is 1. The van der Waals surface area contributed by atoms with E-state index in [4.69, 9.17) is 5.73 Å². The molecule has 0 bridgehead atoms. The van der Waals surface area contributed by atoms with E-state index in [-0.39, 0.29) is 24.3 Å². The third kappa shape index (κ3) is 3.89. The first kappa shape index (κ1) is 9.98. The summed E-state index contributed by atoms with van der Waals surface area (Å²) in [5.74, 6) is 0.132. The Hall–Kier alpha value is -1.10. The Labute approximate surface area is 77.1 Å². The first-order valence-corrected chi connectivity index (χ1v) is 4.48. The minimum absolute atomic E-state index is 0.00340.